The number of aliphatic hydroxyl groups excluding tert-OH is 1. The van der Waals surface area contributed by atoms with E-state index in [1.807, 2.05) is 24.3 Å². The van der Waals surface area contributed by atoms with Crippen LogP contribution in [0.2, 0.25) is 0 Å². The van der Waals surface area contributed by atoms with E-state index in [2.05, 4.69) is 77.1 Å². The van der Waals surface area contributed by atoms with Gasteiger partial charge in [0.25, 0.3) is 0 Å². The average molecular weight is 533 g/mol. The van der Waals surface area contributed by atoms with Gasteiger partial charge in [-0.2, -0.15) is 0 Å². The van der Waals surface area contributed by atoms with Crippen molar-refractivity contribution in [3.05, 3.63) is 83.4 Å². The van der Waals surface area contributed by atoms with Crippen molar-refractivity contribution < 1.29 is 18.8 Å². The number of rotatable bonds is 9. The van der Waals surface area contributed by atoms with Gasteiger partial charge < -0.3 is 14.0 Å². The van der Waals surface area contributed by atoms with Crippen molar-refractivity contribution in [2.75, 3.05) is 0 Å². The van der Waals surface area contributed by atoms with Crippen molar-refractivity contribution in [3.8, 4) is 16.9 Å². The van der Waals surface area contributed by atoms with E-state index in [-0.39, 0.29) is 17.5 Å². The Morgan fingerprint density at radius 1 is 1.05 bits per heavy atom. The topological polar surface area (TPSA) is 55.8 Å². The van der Waals surface area contributed by atoms with Gasteiger partial charge in [0.15, 0.2) is 0 Å². The van der Waals surface area contributed by atoms with E-state index in [1.165, 1.54) is 22.3 Å². The Balaban J connectivity index is 1.27. The van der Waals surface area contributed by atoms with Crippen molar-refractivity contribution in [2.24, 2.45) is 17.3 Å². The summed E-state index contributed by atoms with van der Waals surface area (Å²) in [5, 5.41) is 10.6. The Morgan fingerprint density at radius 3 is 2.39 bits per heavy atom. The van der Waals surface area contributed by atoms with Crippen LogP contribution in [0.25, 0.3) is 11.1 Å². The first-order valence-corrected chi connectivity index (χ1v) is 14.3. The third-order valence-electron chi connectivity index (χ3n) is 7.86. The second kappa shape index (κ2) is 12.4. The van der Waals surface area contributed by atoms with E-state index in [9.17, 15) is 9.90 Å². The molecule has 0 aliphatic heterocycles. The van der Waals surface area contributed by atoms with Crippen LogP contribution in [0, 0.1) is 31.1 Å². The molecule has 1 aliphatic rings. The first-order chi connectivity index (χ1) is 18.1. The maximum absolute atomic E-state index is 12.6. The van der Waals surface area contributed by atoms with Crippen LogP contribution >= 0.6 is 12.0 Å². The zero-order valence-electron chi connectivity index (χ0n) is 23.2. The fraction of sp³-hybridized carbons (Fsp3) is 0.424. The molecule has 0 aromatic heterocycles. The van der Waals surface area contributed by atoms with Crippen molar-refractivity contribution in [1.82, 2.24) is 0 Å². The number of ether oxygens (including phenoxy) is 1. The van der Waals surface area contributed by atoms with Gasteiger partial charge in [0.2, 0.25) is 0 Å². The highest BCUT2D eigenvalue weighted by Gasteiger charge is 2.39. The molecule has 202 valence electrons. The minimum Gasteiger partial charge on any atom is -0.489 e. The molecule has 1 fully saturated rings. The lowest BCUT2D eigenvalue weighted by atomic mass is 9.66. The summed E-state index contributed by atoms with van der Waals surface area (Å²) in [5.74, 6) is 1.30. The molecule has 0 unspecified atom stereocenters. The van der Waals surface area contributed by atoms with Crippen LogP contribution in [0.1, 0.15) is 63.1 Å². The third kappa shape index (κ3) is 7.21. The molecule has 1 aliphatic carbocycles. The number of carbonyl (C=O) groups is 1. The summed E-state index contributed by atoms with van der Waals surface area (Å²) in [6, 6.07) is 22.5. The highest BCUT2D eigenvalue weighted by atomic mass is 32.2. The van der Waals surface area contributed by atoms with Gasteiger partial charge in [-0.15, -0.1) is 0 Å². The SMILES string of the molecule is Cc1cccc(C)c1-c1cccc(COc2ccc(SOC(=O)C[C@@]3(C)CC[C@H](C(C)C)[C@@H](O)C3)cc2)c1. The highest BCUT2D eigenvalue weighted by molar-refractivity contribution is 7.95. The smallest absolute Gasteiger partial charge is 0.318 e. The monoisotopic (exact) mass is 532 g/mol. The predicted octanol–water partition coefficient (Wildman–Crippen LogP) is 8.31. The van der Waals surface area contributed by atoms with Crippen LogP contribution in [0.4, 0.5) is 0 Å². The molecule has 0 radical (unpaired) electrons. The van der Waals surface area contributed by atoms with Gasteiger partial charge in [0, 0.05) is 4.90 Å². The zero-order chi connectivity index (χ0) is 27.3. The van der Waals surface area contributed by atoms with Crippen LogP contribution in [-0.4, -0.2) is 17.2 Å². The van der Waals surface area contributed by atoms with Crippen molar-refractivity contribution in [3.63, 3.8) is 0 Å². The summed E-state index contributed by atoms with van der Waals surface area (Å²) in [4.78, 5) is 13.4. The number of benzene rings is 3. The first kappa shape index (κ1) is 28.3. The Hall–Kier alpha value is -2.76. The van der Waals surface area contributed by atoms with Crippen molar-refractivity contribution in [2.45, 2.75) is 77.9 Å². The van der Waals surface area contributed by atoms with Crippen LogP contribution in [0.5, 0.6) is 5.75 Å². The molecule has 3 atom stereocenters. The molecule has 0 heterocycles. The lowest BCUT2D eigenvalue weighted by Gasteiger charge is -2.41. The molecule has 38 heavy (non-hydrogen) atoms. The minimum atomic E-state index is -0.351. The fourth-order valence-electron chi connectivity index (χ4n) is 5.72. The van der Waals surface area contributed by atoms with Gasteiger partial charge >= 0.3 is 5.97 Å². The second-order valence-corrected chi connectivity index (χ2v) is 12.3. The standard InChI is InChI=1S/C33H40O4S/c1-22(2)29-16-17-33(5,19-30(29)34)20-31(35)37-38-28-14-12-27(13-15-28)36-21-25-10-7-11-26(18-25)32-23(3)8-6-9-24(32)4/h6-15,18,22,29-30,34H,16-17,19-21H2,1-5H3/t29-,30+,33+/m1/s1. The Morgan fingerprint density at radius 2 is 1.74 bits per heavy atom. The Bertz CT molecular complexity index is 1220. The lowest BCUT2D eigenvalue weighted by Crippen LogP contribution is -2.38. The van der Waals surface area contributed by atoms with E-state index in [0.717, 1.165) is 41.1 Å². The van der Waals surface area contributed by atoms with Crippen molar-refractivity contribution >= 4 is 18.0 Å². The zero-order valence-corrected chi connectivity index (χ0v) is 24.0. The highest BCUT2D eigenvalue weighted by Crippen LogP contribution is 2.44. The summed E-state index contributed by atoms with van der Waals surface area (Å²) in [7, 11) is 0. The number of hydrogen-bond donors (Lipinski definition) is 1. The molecule has 3 aromatic rings. The molecular formula is C33H40O4S. The van der Waals surface area contributed by atoms with Gasteiger partial charge in [-0.3, -0.25) is 4.79 Å². The molecular weight excluding hydrogens is 492 g/mol. The van der Waals surface area contributed by atoms with Gasteiger partial charge in [-0.05, 0) is 109 Å². The number of aryl methyl sites for hydroxylation is 2. The number of aliphatic hydroxyl groups is 1. The van der Waals surface area contributed by atoms with Crippen LogP contribution < -0.4 is 4.74 Å². The predicted molar refractivity (Wildman–Crippen MR) is 155 cm³/mol. The van der Waals surface area contributed by atoms with Gasteiger partial charge in [-0.1, -0.05) is 57.2 Å². The van der Waals surface area contributed by atoms with Crippen LogP contribution in [0.3, 0.4) is 0 Å². The second-order valence-electron chi connectivity index (χ2n) is 11.5. The van der Waals surface area contributed by atoms with Crippen molar-refractivity contribution in [1.29, 1.82) is 0 Å². The molecule has 0 bridgehead atoms. The average Bonchev–Trinajstić information content (AvgIpc) is 2.86. The summed E-state index contributed by atoms with van der Waals surface area (Å²) in [6.07, 6.45) is 2.51. The number of carbonyl (C=O) groups excluding carboxylic acids is 1. The van der Waals surface area contributed by atoms with Gasteiger partial charge in [0.1, 0.15) is 12.4 Å². The fourth-order valence-corrected chi connectivity index (χ4v) is 6.22. The van der Waals surface area contributed by atoms with E-state index >= 15 is 0 Å². The molecule has 4 nitrogen and oxygen atoms in total. The summed E-state index contributed by atoms with van der Waals surface area (Å²) in [6.45, 7) is 11.2. The minimum absolute atomic E-state index is 0.213. The maximum atomic E-state index is 12.6. The van der Waals surface area contributed by atoms with Gasteiger partial charge in [0.05, 0.1) is 24.6 Å². The Kier molecular flexibility index (Phi) is 9.22. The number of hydrogen-bond acceptors (Lipinski definition) is 5. The molecule has 0 amide bonds. The quantitative estimate of drug-likeness (QED) is 0.281. The Labute approximate surface area is 232 Å². The molecule has 0 spiro atoms. The van der Waals surface area contributed by atoms with Crippen LogP contribution in [-0.2, 0) is 15.6 Å². The summed E-state index contributed by atoms with van der Waals surface area (Å²) >= 11 is 1.08. The van der Waals surface area contributed by atoms with Gasteiger partial charge in [-0.25, -0.2) is 0 Å². The normalized spacial score (nSPS) is 21.3. The third-order valence-corrected chi connectivity index (χ3v) is 8.60. The summed E-state index contributed by atoms with van der Waals surface area (Å²) in [5.41, 5.74) is 5.91. The molecule has 1 saturated carbocycles. The molecule has 4 rings (SSSR count). The largest absolute Gasteiger partial charge is 0.489 e. The summed E-state index contributed by atoms with van der Waals surface area (Å²) < 4.78 is 11.5. The maximum Gasteiger partial charge on any atom is 0.318 e. The molecule has 3 aromatic carbocycles. The molecule has 1 N–H and O–H groups in total. The van der Waals surface area contributed by atoms with Crippen LogP contribution in [0.15, 0.2) is 71.6 Å². The lowest BCUT2D eigenvalue weighted by molar-refractivity contribution is -0.137. The van der Waals surface area contributed by atoms with E-state index < -0.39 is 0 Å². The van der Waals surface area contributed by atoms with E-state index in [0.29, 0.717) is 31.3 Å². The molecule has 5 heteroatoms. The first-order valence-electron chi connectivity index (χ1n) is 13.6. The van der Waals surface area contributed by atoms with E-state index in [4.69, 9.17) is 8.92 Å². The molecule has 0 saturated heterocycles. The van der Waals surface area contributed by atoms with E-state index in [1.54, 1.807) is 0 Å².